The summed E-state index contributed by atoms with van der Waals surface area (Å²) in [4.78, 5) is 11.3. The largest absolute Gasteiger partial charge is 0.505 e. The van der Waals surface area contributed by atoms with Gasteiger partial charge in [-0.15, -0.1) is 0 Å². The SMILES string of the molecule is O=C1CN(c2c(O)cc3c(c2F)C[C@H](CNCCCC(F)F)O3)S(=O)(=O)N1. The number of rotatable bonds is 7. The van der Waals surface area contributed by atoms with E-state index in [1.165, 1.54) is 0 Å². The van der Waals surface area contributed by atoms with Gasteiger partial charge in [0, 0.05) is 31.0 Å². The molecule has 0 aromatic heterocycles. The zero-order chi connectivity index (χ0) is 19.8. The van der Waals surface area contributed by atoms with E-state index in [0.717, 1.165) is 6.07 Å². The van der Waals surface area contributed by atoms with E-state index in [1.54, 1.807) is 4.72 Å². The highest BCUT2D eigenvalue weighted by Gasteiger charge is 2.40. The third kappa shape index (κ3) is 4.05. The molecular weight excluding hydrogens is 391 g/mol. The van der Waals surface area contributed by atoms with Crippen molar-refractivity contribution in [3.63, 3.8) is 0 Å². The maximum absolute atomic E-state index is 14.9. The number of carbonyl (C=O) groups excluding carboxylic acids is 1. The first kappa shape index (κ1) is 19.5. The van der Waals surface area contributed by atoms with Gasteiger partial charge in [0.05, 0.1) is 0 Å². The number of nitrogens with one attached hydrogen (secondary N) is 2. The van der Waals surface area contributed by atoms with Crippen LogP contribution in [0.25, 0.3) is 0 Å². The first-order valence-corrected chi connectivity index (χ1v) is 9.66. The van der Waals surface area contributed by atoms with Gasteiger partial charge in [-0.2, -0.15) is 8.42 Å². The van der Waals surface area contributed by atoms with Crippen molar-refractivity contribution in [1.82, 2.24) is 10.0 Å². The van der Waals surface area contributed by atoms with E-state index in [1.807, 2.05) is 0 Å². The Morgan fingerprint density at radius 2 is 2.19 bits per heavy atom. The molecule has 2 heterocycles. The van der Waals surface area contributed by atoms with E-state index in [-0.39, 0.29) is 37.1 Å². The molecule has 0 unspecified atom stereocenters. The zero-order valence-corrected chi connectivity index (χ0v) is 14.9. The molecule has 1 saturated heterocycles. The van der Waals surface area contributed by atoms with E-state index in [4.69, 9.17) is 4.74 Å². The summed E-state index contributed by atoms with van der Waals surface area (Å²) in [6.45, 7) is -0.0174. The number of phenolic OH excluding ortho intramolecular Hbond substituents is 1. The predicted molar refractivity (Wildman–Crippen MR) is 88.7 cm³/mol. The molecule has 0 aliphatic carbocycles. The van der Waals surface area contributed by atoms with Crippen molar-refractivity contribution in [2.75, 3.05) is 23.9 Å². The Balaban J connectivity index is 1.71. The summed E-state index contributed by atoms with van der Waals surface area (Å²) < 4.78 is 70.6. The molecule has 1 aromatic rings. The molecule has 0 saturated carbocycles. The number of benzene rings is 1. The Hall–Kier alpha value is -2.21. The van der Waals surface area contributed by atoms with E-state index >= 15 is 0 Å². The molecule has 8 nitrogen and oxygen atoms in total. The van der Waals surface area contributed by atoms with Gasteiger partial charge in [0.2, 0.25) is 6.43 Å². The first-order chi connectivity index (χ1) is 12.7. The summed E-state index contributed by atoms with van der Waals surface area (Å²) in [6, 6.07) is 1.10. The highest BCUT2D eigenvalue weighted by Crippen LogP contribution is 2.43. The lowest BCUT2D eigenvalue weighted by Gasteiger charge is -2.18. The Morgan fingerprint density at radius 1 is 1.44 bits per heavy atom. The highest BCUT2D eigenvalue weighted by molar-refractivity contribution is 7.92. The molecule has 1 fully saturated rings. The number of nitrogens with zero attached hydrogens (tertiary/aromatic N) is 1. The van der Waals surface area contributed by atoms with Gasteiger partial charge in [-0.25, -0.2) is 22.2 Å². The molecule has 2 aliphatic rings. The van der Waals surface area contributed by atoms with E-state index in [0.29, 0.717) is 10.8 Å². The zero-order valence-electron chi connectivity index (χ0n) is 14.0. The standard InChI is InChI=1S/C15H18F3N3O5S/c16-12(17)2-1-3-19-6-8-4-9-11(26-8)5-10(22)15(14(9)18)21-7-13(23)20-27(21,24)25/h5,8,12,19,22H,1-4,6-7H2,(H,20,23)/t8-/m1/s1. The average molecular weight is 409 g/mol. The van der Waals surface area contributed by atoms with Gasteiger partial charge in [-0.1, -0.05) is 0 Å². The summed E-state index contributed by atoms with van der Waals surface area (Å²) >= 11 is 0. The van der Waals surface area contributed by atoms with Crippen LogP contribution >= 0.6 is 0 Å². The second-order valence-corrected chi connectivity index (χ2v) is 7.85. The summed E-state index contributed by atoms with van der Waals surface area (Å²) in [6.07, 6.45) is -2.69. The van der Waals surface area contributed by atoms with Crippen LogP contribution in [0.4, 0.5) is 18.9 Å². The van der Waals surface area contributed by atoms with Crippen molar-refractivity contribution in [1.29, 1.82) is 0 Å². The molecule has 0 radical (unpaired) electrons. The van der Waals surface area contributed by atoms with Crippen molar-refractivity contribution in [2.45, 2.75) is 31.8 Å². The van der Waals surface area contributed by atoms with Crippen LogP contribution in [-0.4, -0.2) is 51.6 Å². The molecule has 1 amide bonds. The number of aromatic hydroxyl groups is 1. The Bertz CT molecular complexity index is 850. The third-order valence-electron chi connectivity index (χ3n) is 4.22. The van der Waals surface area contributed by atoms with Crippen molar-refractivity contribution >= 4 is 21.8 Å². The molecular formula is C15H18F3N3O5S. The molecule has 12 heteroatoms. The summed E-state index contributed by atoms with van der Waals surface area (Å²) in [7, 11) is -4.27. The van der Waals surface area contributed by atoms with Crippen molar-refractivity contribution < 1.29 is 36.2 Å². The fourth-order valence-corrected chi connectivity index (χ4v) is 4.19. The van der Waals surface area contributed by atoms with Gasteiger partial charge >= 0.3 is 10.2 Å². The third-order valence-corrected chi connectivity index (χ3v) is 5.60. The number of amides is 1. The Labute approximate surface area is 153 Å². The number of halogens is 3. The number of carbonyl (C=O) groups is 1. The van der Waals surface area contributed by atoms with Gasteiger partial charge < -0.3 is 15.2 Å². The van der Waals surface area contributed by atoms with Gasteiger partial charge in [0.15, 0.2) is 5.82 Å². The predicted octanol–water partition coefficient (Wildman–Crippen LogP) is 0.651. The van der Waals surface area contributed by atoms with Crippen LogP contribution in [0.15, 0.2) is 6.07 Å². The number of ether oxygens (including phenoxy) is 1. The maximum Gasteiger partial charge on any atom is 0.326 e. The fourth-order valence-electron chi connectivity index (χ4n) is 3.03. The molecule has 1 atom stereocenters. The molecule has 3 N–H and O–H groups in total. The normalized spacial score (nSPS) is 20.7. The summed E-state index contributed by atoms with van der Waals surface area (Å²) in [5.41, 5.74) is -0.530. The van der Waals surface area contributed by atoms with Crippen LogP contribution in [0.3, 0.4) is 0 Å². The Morgan fingerprint density at radius 3 is 2.81 bits per heavy atom. The number of hydrogen-bond donors (Lipinski definition) is 3. The molecule has 150 valence electrons. The number of anilines is 1. The van der Waals surface area contributed by atoms with Crippen LogP contribution in [0, 0.1) is 5.82 Å². The van der Waals surface area contributed by atoms with Gasteiger partial charge in [-0.05, 0) is 13.0 Å². The van der Waals surface area contributed by atoms with Crippen molar-refractivity contribution in [3.05, 3.63) is 17.4 Å². The van der Waals surface area contributed by atoms with Gasteiger partial charge in [0.1, 0.15) is 29.8 Å². The molecule has 0 spiro atoms. The van der Waals surface area contributed by atoms with Crippen LogP contribution < -0.4 is 19.1 Å². The second-order valence-electron chi connectivity index (χ2n) is 6.25. The van der Waals surface area contributed by atoms with E-state index in [9.17, 15) is 31.5 Å². The molecule has 1 aromatic carbocycles. The monoisotopic (exact) mass is 409 g/mol. The smallest absolute Gasteiger partial charge is 0.326 e. The van der Waals surface area contributed by atoms with E-state index < -0.39 is 52.4 Å². The lowest BCUT2D eigenvalue weighted by Crippen LogP contribution is -2.31. The van der Waals surface area contributed by atoms with Crippen LogP contribution in [0.5, 0.6) is 11.5 Å². The van der Waals surface area contributed by atoms with Gasteiger partial charge in [0.25, 0.3) is 5.91 Å². The van der Waals surface area contributed by atoms with Crippen LogP contribution in [0.2, 0.25) is 0 Å². The second kappa shape index (κ2) is 7.43. The van der Waals surface area contributed by atoms with Crippen molar-refractivity contribution in [2.24, 2.45) is 0 Å². The maximum atomic E-state index is 14.9. The fraction of sp³-hybridized carbons (Fsp3) is 0.533. The van der Waals surface area contributed by atoms with Gasteiger partial charge in [-0.3, -0.25) is 4.79 Å². The van der Waals surface area contributed by atoms with Crippen molar-refractivity contribution in [3.8, 4) is 11.5 Å². The number of phenols is 1. The van der Waals surface area contributed by atoms with Crippen LogP contribution in [-0.2, 0) is 21.4 Å². The minimum absolute atomic E-state index is 0.0732. The number of alkyl halides is 2. The minimum atomic E-state index is -4.27. The first-order valence-electron chi connectivity index (χ1n) is 8.22. The van der Waals surface area contributed by atoms with E-state index in [2.05, 4.69) is 5.32 Å². The quantitative estimate of drug-likeness (QED) is 0.571. The minimum Gasteiger partial charge on any atom is -0.505 e. The lowest BCUT2D eigenvalue weighted by molar-refractivity contribution is -0.117. The summed E-state index contributed by atoms with van der Waals surface area (Å²) in [5.74, 6) is -2.41. The number of fused-ring (bicyclic) bond motifs is 1. The average Bonchev–Trinajstić information content (AvgIpc) is 3.07. The number of hydrogen-bond acceptors (Lipinski definition) is 6. The molecule has 0 bridgehead atoms. The highest BCUT2D eigenvalue weighted by atomic mass is 32.2. The lowest BCUT2D eigenvalue weighted by atomic mass is 10.1. The Kier molecular flexibility index (Phi) is 5.38. The molecule has 3 rings (SSSR count). The molecule has 2 aliphatic heterocycles. The molecule has 27 heavy (non-hydrogen) atoms. The summed E-state index contributed by atoms with van der Waals surface area (Å²) in [5, 5.41) is 13.0. The van der Waals surface area contributed by atoms with Crippen LogP contribution in [0.1, 0.15) is 18.4 Å². The topological polar surface area (TPSA) is 108 Å².